The third-order valence-electron chi connectivity index (χ3n) is 1.92. The zero-order valence-electron chi connectivity index (χ0n) is 6.54. The predicted molar refractivity (Wildman–Crippen MR) is 40.0 cm³/mol. The van der Waals surface area contributed by atoms with Crippen LogP contribution in [-0.4, -0.2) is 26.4 Å². The van der Waals surface area contributed by atoms with Gasteiger partial charge in [-0.05, 0) is 12.8 Å². The van der Waals surface area contributed by atoms with Crippen LogP contribution in [-0.2, 0) is 9.47 Å². The molecule has 0 saturated carbocycles. The summed E-state index contributed by atoms with van der Waals surface area (Å²) in [5.74, 6) is 0. The first-order valence-electron chi connectivity index (χ1n) is 3.59. The number of hydrogen-bond acceptors (Lipinski definition) is 2. The monoisotopic (exact) mass is 142 g/mol. The SMILES string of the molecule is CO[C@H]1CC=CC[C@H]1OC. The van der Waals surface area contributed by atoms with E-state index in [0.717, 1.165) is 12.8 Å². The summed E-state index contributed by atoms with van der Waals surface area (Å²) in [5, 5.41) is 0. The topological polar surface area (TPSA) is 18.5 Å². The third-order valence-corrected chi connectivity index (χ3v) is 1.92. The molecule has 0 unspecified atom stereocenters. The largest absolute Gasteiger partial charge is 0.378 e. The maximum atomic E-state index is 5.22. The first-order chi connectivity index (χ1) is 4.88. The van der Waals surface area contributed by atoms with E-state index in [1.165, 1.54) is 0 Å². The van der Waals surface area contributed by atoms with E-state index in [1.807, 2.05) is 0 Å². The fourth-order valence-electron chi connectivity index (χ4n) is 1.26. The fourth-order valence-corrected chi connectivity index (χ4v) is 1.26. The molecule has 0 spiro atoms. The van der Waals surface area contributed by atoms with Crippen LogP contribution < -0.4 is 0 Å². The second kappa shape index (κ2) is 3.74. The van der Waals surface area contributed by atoms with Gasteiger partial charge in [-0.15, -0.1) is 0 Å². The minimum Gasteiger partial charge on any atom is -0.378 e. The van der Waals surface area contributed by atoms with Crippen LogP contribution in [0.1, 0.15) is 12.8 Å². The van der Waals surface area contributed by atoms with E-state index in [-0.39, 0.29) is 12.2 Å². The highest BCUT2D eigenvalue weighted by atomic mass is 16.5. The van der Waals surface area contributed by atoms with Crippen molar-refractivity contribution in [1.82, 2.24) is 0 Å². The van der Waals surface area contributed by atoms with Gasteiger partial charge < -0.3 is 9.47 Å². The maximum Gasteiger partial charge on any atom is 0.0870 e. The highest BCUT2D eigenvalue weighted by Gasteiger charge is 2.20. The van der Waals surface area contributed by atoms with Gasteiger partial charge in [-0.3, -0.25) is 0 Å². The first-order valence-corrected chi connectivity index (χ1v) is 3.59. The Morgan fingerprint density at radius 3 is 1.70 bits per heavy atom. The average Bonchev–Trinajstić information content (AvgIpc) is 2.04. The number of ether oxygens (including phenoxy) is 2. The van der Waals surface area contributed by atoms with Crippen molar-refractivity contribution in [3.63, 3.8) is 0 Å². The normalized spacial score (nSPS) is 32.6. The summed E-state index contributed by atoms with van der Waals surface area (Å²) >= 11 is 0. The lowest BCUT2D eigenvalue weighted by molar-refractivity contribution is -0.0357. The van der Waals surface area contributed by atoms with Gasteiger partial charge in [-0.25, -0.2) is 0 Å². The smallest absolute Gasteiger partial charge is 0.0870 e. The minimum atomic E-state index is 0.259. The minimum absolute atomic E-state index is 0.259. The molecule has 0 fully saturated rings. The van der Waals surface area contributed by atoms with Crippen LogP contribution in [0.3, 0.4) is 0 Å². The van der Waals surface area contributed by atoms with Gasteiger partial charge in [-0.2, -0.15) is 0 Å². The molecule has 0 amide bonds. The van der Waals surface area contributed by atoms with Crippen molar-refractivity contribution in [1.29, 1.82) is 0 Å². The molecule has 0 saturated heterocycles. The molecule has 1 aliphatic carbocycles. The van der Waals surface area contributed by atoms with Gasteiger partial charge in [0.05, 0.1) is 12.2 Å². The van der Waals surface area contributed by atoms with E-state index >= 15 is 0 Å². The van der Waals surface area contributed by atoms with Crippen LogP contribution in [0.5, 0.6) is 0 Å². The lowest BCUT2D eigenvalue weighted by atomic mass is 10.0. The van der Waals surface area contributed by atoms with E-state index in [9.17, 15) is 0 Å². The summed E-state index contributed by atoms with van der Waals surface area (Å²) in [5.41, 5.74) is 0. The van der Waals surface area contributed by atoms with Gasteiger partial charge in [0.2, 0.25) is 0 Å². The molecule has 2 atom stereocenters. The molecule has 0 aromatic rings. The van der Waals surface area contributed by atoms with E-state index in [2.05, 4.69) is 12.2 Å². The van der Waals surface area contributed by atoms with Crippen molar-refractivity contribution >= 4 is 0 Å². The zero-order chi connectivity index (χ0) is 7.40. The van der Waals surface area contributed by atoms with E-state index in [0.29, 0.717) is 0 Å². The van der Waals surface area contributed by atoms with Crippen LogP contribution in [0, 0.1) is 0 Å². The predicted octanol–water partition coefficient (Wildman–Crippen LogP) is 1.37. The van der Waals surface area contributed by atoms with Crippen LogP contribution in [0.4, 0.5) is 0 Å². The third kappa shape index (κ3) is 1.58. The maximum absolute atomic E-state index is 5.22. The molecule has 0 aromatic carbocycles. The molecule has 0 N–H and O–H groups in total. The fraction of sp³-hybridized carbons (Fsp3) is 0.750. The van der Waals surface area contributed by atoms with Crippen molar-refractivity contribution in [2.75, 3.05) is 14.2 Å². The first kappa shape index (κ1) is 7.76. The number of methoxy groups -OCH3 is 2. The van der Waals surface area contributed by atoms with Crippen molar-refractivity contribution in [2.24, 2.45) is 0 Å². The van der Waals surface area contributed by atoms with Crippen LogP contribution in [0.15, 0.2) is 12.2 Å². The lowest BCUT2D eigenvalue weighted by Crippen LogP contribution is -2.30. The van der Waals surface area contributed by atoms with Crippen LogP contribution in [0.2, 0.25) is 0 Å². The Labute approximate surface area is 61.8 Å². The van der Waals surface area contributed by atoms with Crippen molar-refractivity contribution in [3.05, 3.63) is 12.2 Å². The number of hydrogen-bond donors (Lipinski definition) is 0. The molecular formula is C8H14O2. The molecule has 0 bridgehead atoms. The van der Waals surface area contributed by atoms with E-state index in [4.69, 9.17) is 9.47 Å². The Hall–Kier alpha value is -0.340. The Balaban J connectivity index is 2.45. The molecule has 2 heteroatoms. The van der Waals surface area contributed by atoms with Crippen LogP contribution >= 0.6 is 0 Å². The lowest BCUT2D eigenvalue weighted by Gasteiger charge is -2.25. The van der Waals surface area contributed by atoms with E-state index < -0.39 is 0 Å². The molecule has 0 aliphatic heterocycles. The summed E-state index contributed by atoms with van der Waals surface area (Å²) in [4.78, 5) is 0. The van der Waals surface area contributed by atoms with Crippen molar-refractivity contribution < 1.29 is 9.47 Å². The molecule has 10 heavy (non-hydrogen) atoms. The van der Waals surface area contributed by atoms with Crippen molar-refractivity contribution in [2.45, 2.75) is 25.0 Å². The Kier molecular flexibility index (Phi) is 2.90. The summed E-state index contributed by atoms with van der Waals surface area (Å²) in [6.07, 6.45) is 6.77. The summed E-state index contributed by atoms with van der Waals surface area (Å²) in [7, 11) is 3.46. The summed E-state index contributed by atoms with van der Waals surface area (Å²) in [6.45, 7) is 0. The van der Waals surface area contributed by atoms with Gasteiger partial charge in [-0.1, -0.05) is 12.2 Å². The molecule has 2 nitrogen and oxygen atoms in total. The average molecular weight is 142 g/mol. The Morgan fingerprint density at radius 2 is 1.40 bits per heavy atom. The molecule has 1 aliphatic rings. The summed E-state index contributed by atoms with van der Waals surface area (Å²) in [6, 6.07) is 0. The second-order valence-corrected chi connectivity index (χ2v) is 2.49. The Morgan fingerprint density at radius 1 is 1.00 bits per heavy atom. The Bertz CT molecular complexity index is 106. The van der Waals surface area contributed by atoms with Gasteiger partial charge in [0.1, 0.15) is 0 Å². The molecule has 58 valence electrons. The highest BCUT2D eigenvalue weighted by molar-refractivity contribution is 4.96. The molecule has 0 radical (unpaired) electrons. The van der Waals surface area contributed by atoms with E-state index in [1.54, 1.807) is 14.2 Å². The standard InChI is InChI=1S/C8H14O2/c1-9-7-5-3-4-6-8(7)10-2/h3-4,7-8H,5-6H2,1-2H3/t7-,8+. The van der Waals surface area contributed by atoms with Gasteiger partial charge in [0.25, 0.3) is 0 Å². The van der Waals surface area contributed by atoms with Gasteiger partial charge in [0, 0.05) is 14.2 Å². The molecule has 0 aromatic heterocycles. The second-order valence-electron chi connectivity index (χ2n) is 2.49. The highest BCUT2D eigenvalue weighted by Crippen LogP contribution is 2.16. The van der Waals surface area contributed by atoms with Gasteiger partial charge in [0.15, 0.2) is 0 Å². The van der Waals surface area contributed by atoms with Gasteiger partial charge >= 0.3 is 0 Å². The molecular weight excluding hydrogens is 128 g/mol. The quantitative estimate of drug-likeness (QED) is 0.542. The number of rotatable bonds is 2. The molecule has 0 heterocycles. The van der Waals surface area contributed by atoms with Crippen LogP contribution in [0.25, 0.3) is 0 Å². The zero-order valence-corrected chi connectivity index (χ0v) is 6.54. The van der Waals surface area contributed by atoms with Crippen molar-refractivity contribution in [3.8, 4) is 0 Å². The molecule has 1 rings (SSSR count). The summed E-state index contributed by atoms with van der Waals surface area (Å²) < 4.78 is 10.4.